The van der Waals surface area contributed by atoms with E-state index in [1.54, 1.807) is 0 Å². The van der Waals surface area contributed by atoms with Gasteiger partial charge in [-0.1, -0.05) is 26.2 Å². The van der Waals surface area contributed by atoms with Gasteiger partial charge in [0.15, 0.2) is 0 Å². The largest absolute Gasteiger partial charge is 0.481 e. The topological polar surface area (TPSA) is 49.8 Å². The first-order chi connectivity index (χ1) is 6.74. The van der Waals surface area contributed by atoms with Gasteiger partial charge in [0.05, 0.1) is 12.2 Å². The van der Waals surface area contributed by atoms with E-state index in [9.17, 15) is 4.79 Å². The lowest BCUT2D eigenvalue weighted by molar-refractivity contribution is -0.137. The Kier molecular flexibility index (Phi) is 4.94. The van der Waals surface area contributed by atoms with Crippen LogP contribution >= 0.6 is 0 Å². The predicted octanol–water partition coefficient (Wildman–Crippen LogP) is 2.59. The van der Waals surface area contributed by atoms with Crippen molar-refractivity contribution >= 4 is 5.97 Å². The third-order valence-corrected chi connectivity index (χ3v) is 2.66. The molecule has 1 saturated heterocycles. The summed E-state index contributed by atoms with van der Waals surface area (Å²) in [7, 11) is 0. The molecule has 1 saturated carbocycles. The summed E-state index contributed by atoms with van der Waals surface area (Å²) in [6, 6.07) is 0. The van der Waals surface area contributed by atoms with Crippen molar-refractivity contribution in [2.45, 2.75) is 64.1 Å². The second-order valence-corrected chi connectivity index (χ2v) is 3.99. The van der Waals surface area contributed by atoms with Crippen LogP contribution in [0.2, 0.25) is 0 Å². The van der Waals surface area contributed by atoms with Gasteiger partial charge in [0.25, 0.3) is 0 Å². The molecule has 82 valence electrons. The Morgan fingerprint density at radius 3 is 2.21 bits per heavy atom. The number of carboxylic acids is 1. The zero-order valence-electron chi connectivity index (χ0n) is 8.87. The molecule has 2 atom stereocenters. The molecule has 0 bridgehead atoms. The SMILES string of the molecule is C1CCC2OC2C1.CCCCC(=O)O. The summed E-state index contributed by atoms with van der Waals surface area (Å²) < 4.78 is 5.28. The highest BCUT2D eigenvalue weighted by atomic mass is 16.6. The van der Waals surface area contributed by atoms with Crippen molar-refractivity contribution in [2.24, 2.45) is 0 Å². The number of carbonyl (C=O) groups is 1. The van der Waals surface area contributed by atoms with E-state index < -0.39 is 5.97 Å². The first-order valence-corrected chi connectivity index (χ1v) is 5.61. The molecule has 2 fully saturated rings. The third-order valence-electron chi connectivity index (χ3n) is 2.66. The number of rotatable bonds is 3. The molecule has 0 aromatic rings. The Balaban J connectivity index is 0.000000140. The number of hydrogen-bond acceptors (Lipinski definition) is 2. The van der Waals surface area contributed by atoms with E-state index in [1.807, 2.05) is 6.92 Å². The molecule has 2 aliphatic rings. The molecular formula is C11H20O3. The second-order valence-electron chi connectivity index (χ2n) is 3.99. The minimum Gasteiger partial charge on any atom is -0.481 e. The molecule has 1 N–H and O–H groups in total. The molecule has 3 heteroatoms. The Morgan fingerprint density at radius 1 is 1.36 bits per heavy atom. The summed E-state index contributed by atoms with van der Waals surface area (Å²) in [6.07, 6.45) is 8.97. The quantitative estimate of drug-likeness (QED) is 0.712. The van der Waals surface area contributed by atoms with Gasteiger partial charge >= 0.3 is 5.97 Å². The highest BCUT2D eigenvalue weighted by Crippen LogP contribution is 2.35. The average molecular weight is 200 g/mol. The minimum atomic E-state index is -0.693. The lowest BCUT2D eigenvalue weighted by Gasteiger charge is -2.00. The Labute approximate surface area is 85.5 Å². The third kappa shape index (κ3) is 4.61. The number of hydrogen-bond donors (Lipinski definition) is 1. The zero-order valence-corrected chi connectivity index (χ0v) is 8.87. The number of epoxide rings is 1. The summed E-state index contributed by atoms with van der Waals surface area (Å²) in [5.74, 6) is -0.693. The van der Waals surface area contributed by atoms with Crippen LogP contribution in [0, 0.1) is 0 Å². The molecule has 0 spiro atoms. The zero-order chi connectivity index (χ0) is 10.4. The highest BCUT2D eigenvalue weighted by molar-refractivity contribution is 5.66. The lowest BCUT2D eigenvalue weighted by Crippen LogP contribution is -2.00. The van der Waals surface area contributed by atoms with E-state index in [2.05, 4.69) is 0 Å². The van der Waals surface area contributed by atoms with Crippen LogP contribution in [0.25, 0.3) is 0 Å². The molecule has 1 aliphatic carbocycles. The van der Waals surface area contributed by atoms with E-state index in [0.717, 1.165) is 12.8 Å². The molecule has 0 aromatic heterocycles. The van der Waals surface area contributed by atoms with Crippen LogP contribution in [0.1, 0.15) is 51.9 Å². The van der Waals surface area contributed by atoms with Gasteiger partial charge in [-0.2, -0.15) is 0 Å². The van der Waals surface area contributed by atoms with E-state index in [1.165, 1.54) is 25.7 Å². The smallest absolute Gasteiger partial charge is 0.303 e. The van der Waals surface area contributed by atoms with Crippen molar-refractivity contribution < 1.29 is 14.6 Å². The summed E-state index contributed by atoms with van der Waals surface area (Å²) >= 11 is 0. The molecule has 1 heterocycles. The Hall–Kier alpha value is -0.570. The van der Waals surface area contributed by atoms with Crippen molar-refractivity contribution in [2.75, 3.05) is 0 Å². The monoisotopic (exact) mass is 200 g/mol. The van der Waals surface area contributed by atoms with Crippen LogP contribution in [0.4, 0.5) is 0 Å². The predicted molar refractivity (Wildman–Crippen MR) is 54.3 cm³/mol. The molecule has 0 aromatic carbocycles. The molecular weight excluding hydrogens is 180 g/mol. The lowest BCUT2D eigenvalue weighted by atomic mass is 10.0. The van der Waals surface area contributed by atoms with E-state index in [4.69, 9.17) is 9.84 Å². The molecule has 2 rings (SSSR count). The van der Waals surface area contributed by atoms with Gasteiger partial charge in [0.1, 0.15) is 0 Å². The van der Waals surface area contributed by atoms with Gasteiger partial charge in [-0.05, 0) is 19.3 Å². The molecule has 2 unspecified atom stereocenters. The Bertz CT molecular complexity index is 169. The Morgan fingerprint density at radius 2 is 1.93 bits per heavy atom. The van der Waals surface area contributed by atoms with Crippen molar-refractivity contribution in [3.05, 3.63) is 0 Å². The van der Waals surface area contributed by atoms with Gasteiger partial charge in [0.2, 0.25) is 0 Å². The van der Waals surface area contributed by atoms with Crippen molar-refractivity contribution in [3.63, 3.8) is 0 Å². The van der Waals surface area contributed by atoms with Crippen LogP contribution in [-0.2, 0) is 9.53 Å². The van der Waals surface area contributed by atoms with E-state index in [0.29, 0.717) is 18.6 Å². The van der Waals surface area contributed by atoms with Crippen molar-refractivity contribution in [1.82, 2.24) is 0 Å². The van der Waals surface area contributed by atoms with Crippen LogP contribution in [-0.4, -0.2) is 23.3 Å². The second kappa shape index (κ2) is 6.02. The average Bonchev–Trinajstić information content (AvgIpc) is 2.94. The highest BCUT2D eigenvalue weighted by Gasteiger charge is 2.39. The fourth-order valence-electron chi connectivity index (χ4n) is 1.71. The normalized spacial score (nSPS) is 28.4. The summed E-state index contributed by atoms with van der Waals surface area (Å²) in [6.45, 7) is 1.98. The summed E-state index contributed by atoms with van der Waals surface area (Å²) in [5.41, 5.74) is 0. The van der Waals surface area contributed by atoms with Gasteiger partial charge in [-0.3, -0.25) is 4.79 Å². The fourth-order valence-corrected chi connectivity index (χ4v) is 1.71. The van der Waals surface area contributed by atoms with Gasteiger partial charge in [-0.15, -0.1) is 0 Å². The number of ether oxygens (including phenoxy) is 1. The van der Waals surface area contributed by atoms with Crippen LogP contribution < -0.4 is 0 Å². The molecule has 0 radical (unpaired) electrons. The van der Waals surface area contributed by atoms with Crippen LogP contribution in [0.15, 0.2) is 0 Å². The fraction of sp³-hybridized carbons (Fsp3) is 0.909. The molecule has 3 nitrogen and oxygen atoms in total. The minimum absolute atomic E-state index is 0.316. The van der Waals surface area contributed by atoms with Crippen LogP contribution in [0.5, 0.6) is 0 Å². The van der Waals surface area contributed by atoms with E-state index in [-0.39, 0.29) is 0 Å². The first-order valence-electron chi connectivity index (χ1n) is 5.61. The first kappa shape index (κ1) is 11.5. The summed E-state index contributed by atoms with van der Waals surface area (Å²) in [5, 5.41) is 8.04. The number of unbranched alkanes of at least 4 members (excludes halogenated alkanes) is 1. The van der Waals surface area contributed by atoms with Crippen LogP contribution in [0.3, 0.4) is 0 Å². The van der Waals surface area contributed by atoms with Gasteiger partial charge in [-0.25, -0.2) is 0 Å². The maximum Gasteiger partial charge on any atom is 0.303 e. The molecule has 14 heavy (non-hydrogen) atoms. The van der Waals surface area contributed by atoms with Crippen molar-refractivity contribution in [3.8, 4) is 0 Å². The molecule has 1 aliphatic heterocycles. The summed E-state index contributed by atoms with van der Waals surface area (Å²) in [4.78, 5) is 9.76. The number of fused-ring (bicyclic) bond motifs is 1. The van der Waals surface area contributed by atoms with Crippen molar-refractivity contribution in [1.29, 1.82) is 0 Å². The van der Waals surface area contributed by atoms with E-state index >= 15 is 0 Å². The van der Waals surface area contributed by atoms with Gasteiger partial charge in [0, 0.05) is 6.42 Å². The maximum atomic E-state index is 9.76. The number of carboxylic acid groups (broad SMARTS) is 1. The standard InChI is InChI=1S/C6H10O.C5H10O2/c1-2-4-6-5(3-1)7-6;1-2-3-4-5(6)7/h5-6H,1-4H2;2-4H2,1H3,(H,6,7). The number of aliphatic carboxylic acids is 1. The van der Waals surface area contributed by atoms with Gasteiger partial charge < -0.3 is 9.84 Å². The molecule has 0 amide bonds. The maximum absolute atomic E-state index is 9.76.